The molecule has 4 nitrogen and oxygen atoms in total. The Labute approximate surface area is 175 Å². The van der Waals surface area contributed by atoms with Crippen LogP contribution in [-0.2, 0) is 9.59 Å². The van der Waals surface area contributed by atoms with Crippen LogP contribution >= 0.6 is 15.9 Å². The number of benzene rings is 3. The van der Waals surface area contributed by atoms with E-state index in [0.717, 1.165) is 4.47 Å². The second-order valence-electron chi connectivity index (χ2n) is 6.57. The van der Waals surface area contributed by atoms with Gasteiger partial charge in [0.15, 0.2) is 0 Å². The van der Waals surface area contributed by atoms with E-state index in [2.05, 4.69) is 15.9 Å². The van der Waals surface area contributed by atoms with E-state index < -0.39 is 23.5 Å². The molecule has 1 atom stereocenters. The number of ketones is 1. The van der Waals surface area contributed by atoms with Crippen molar-refractivity contribution in [3.05, 3.63) is 106 Å². The van der Waals surface area contributed by atoms with Gasteiger partial charge in [-0.15, -0.1) is 0 Å². The minimum Gasteiger partial charge on any atom is -0.507 e. The number of carbonyl (C=O) groups is 2. The highest BCUT2D eigenvalue weighted by Gasteiger charge is 2.46. The molecule has 1 amide bonds. The van der Waals surface area contributed by atoms with Crippen molar-refractivity contribution in [2.45, 2.75) is 6.04 Å². The van der Waals surface area contributed by atoms with Gasteiger partial charge in [-0.3, -0.25) is 14.5 Å². The molecule has 1 aliphatic rings. The molecule has 1 aliphatic heterocycles. The molecular weight excluding hydrogens is 437 g/mol. The molecule has 144 valence electrons. The molecule has 1 saturated heterocycles. The molecule has 0 bridgehead atoms. The molecule has 4 rings (SSSR count). The van der Waals surface area contributed by atoms with Crippen molar-refractivity contribution in [1.29, 1.82) is 0 Å². The summed E-state index contributed by atoms with van der Waals surface area (Å²) in [6.45, 7) is 0. The molecule has 1 unspecified atom stereocenters. The number of anilines is 1. The molecule has 1 heterocycles. The van der Waals surface area contributed by atoms with E-state index in [1.54, 1.807) is 54.6 Å². The number of halogens is 2. The predicted molar refractivity (Wildman–Crippen MR) is 112 cm³/mol. The molecule has 3 aromatic rings. The van der Waals surface area contributed by atoms with Crippen molar-refractivity contribution in [3.63, 3.8) is 0 Å². The second kappa shape index (κ2) is 7.64. The first kappa shape index (κ1) is 19.1. The van der Waals surface area contributed by atoms with Crippen LogP contribution in [0.3, 0.4) is 0 Å². The number of Topliss-reactive ketones (excluding diaryl/α,β-unsaturated/α-hetero) is 1. The molecule has 1 fully saturated rings. The smallest absolute Gasteiger partial charge is 0.300 e. The summed E-state index contributed by atoms with van der Waals surface area (Å²) in [5.74, 6) is -2.25. The van der Waals surface area contributed by atoms with E-state index in [9.17, 15) is 19.1 Å². The lowest BCUT2D eigenvalue weighted by Gasteiger charge is -2.25. The van der Waals surface area contributed by atoms with E-state index in [1.165, 1.54) is 29.2 Å². The second-order valence-corrected chi connectivity index (χ2v) is 7.48. The maximum Gasteiger partial charge on any atom is 0.300 e. The molecule has 3 aromatic carbocycles. The lowest BCUT2D eigenvalue weighted by Crippen LogP contribution is -2.29. The molecule has 29 heavy (non-hydrogen) atoms. The van der Waals surface area contributed by atoms with E-state index in [4.69, 9.17) is 0 Å². The number of hydrogen-bond acceptors (Lipinski definition) is 3. The van der Waals surface area contributed by atoms with E-state index in [1.807, 2.05) is 0 Å². The molecule has 6 heteroatoms. The monoisotopic (exact) mass is 451 g/mol. The largest absolute Gasteiger partial charge is 0.507 e. The van der Waals surface area contributed by atoms with Gasteiger partial charge in [-0.1, -0.05) is 64.5 Å². The zero-order chi connectivity index (χ0) is 20.5. The quantitative estimate of drug-likeness (QED) is 0.337. The number of hydrogen-bond donors (Lipinski definition) is 1. The molecule has 0 radical (unpaired) electrons. The SMILES string of the molecule is O=C1C(=O)N(c2cccc(Br)c2)C(c2ccc(F)cc2)/C1=C(/O)c1ccccc1. The molecule has 0 aliphatic carbocycles. The summed E-state index contributed by atoms with van der Waals surface area (Å²) in [4.78, 5) is 27.2. The summed E-state index contributed by atoms with van der Waals surface area (Å²) >= 11 is 3.38. The van der Waals surface area contributed by atoms with Crippen LogP contribution in [-0.4, -0.2) is 16.8 Å². The van der Waals surface area contributed by atoms with Crippen LogP contribution in [0.5, 0.6) is 0 Å². The van der Waals surface area contributed by atoms with Crippen molar-refractivity contribution >= 4 is 39.1 Å². The van der Waals surface area contributed by atoms with Gasteiger partial charge in [-0.05, 0) is 35.9 Å². The molecular formula is C23H15BrFNO3. The highest BCUT2D eigenvalue weighted by Crippen LogP contribution is 2.42. The Balaban J connectivity index is 1.96. The number of nitrogens with zero attached hydrogens (tertiary/aromatic N) is 1. The summed E-state index contributed by atoms with van der Waals surface area (Å²) < 4.78 is 14.2. The fourth-order valence-corrected chi connectivity index (χ4v) is 3.82. The summed E-state index contributed by atoms with van der Waals surface area (Å²) in [5, 5.41) is 10.9. The number of amides is 1. The molecule has 0 saturated carbocycles. The fourth-order valence-electron chi connectivity index (χ4n) is 3.44. The Morgan fingerprint density at radius 2 is 1.62 bits per heavy atom. The Morgan fingerprint density at radius 3 is 2.28 bits per heavy atom. The van der Waals surface area contributed by atoms with Gasteiger partial charge >= 0.3 is 0 Å². The van der Waals surface area contributed by atoms with Crippen molar-refractivity contribution in [2.24, 2.45) is 0 Å². The van der Waals surface area contributed by atoms with Crippen LogP contribution in [0.2, 0.25) is 0 Å². The van der Waals surface area contributed by atoms with E-state index in [0.29, 0.717) is 16.8 Å². The molecule has 0 aromatic heterocycles. The van der Waals surface area contributed by atoms with Gasteiger partial charge in [-0.2, -0.15) is 0 Å². The Kier molecular flexibility index (Phi) is 5.03. The highest BCUT2D eigenvalue weighted by molar-refractivity contribution is 9.10. The van der Waals surface area contributed by atoms with Crippen LogP contribution in [0, 0.1) is 5.82 Å². The van der Waals surface area contributed by atoms with Crippen LogP contribution in [0.25, 0.3) is 5.76 Å². The number of aliphatic hydroxyl groups is 1. The summed E-state index contributed by atoms with van der Waals surface area (Å²) in [7, 11) is 0. The zero-order valence-electron chi connectivity index (χ0n) is 15.0. The van der Waals surface area contributed by atoms with Crippen molar-refractivity contribution in [2.75, 3.05) is 4.90 Å². The molecule has 0 spiro atoms. The summed E-state index contributed by atoms with van der Waals surface area (Å²) in [6, 6.07) is 20.2. The average molecular weight is 452 g/mol. The fraction of sp³-hybridized carbons (Fsp3) is 0.0435. The van der Waals surface area contributed by atoms with Crippen LogP contribution in [0.1, 0.15) is 17.2 Å². The number of rotatable bonds is 3. The van der Waals surface area contributed by atoms with Gasteiger partial charge < -0.3 is 5.11 Å². The maximum absolute atomic E-state index is 13.5. The zero-order valence-corrected chi connectivity index (χ0v) is 16.6. The topological polar surface area (TPSA) is 57.6 Å². The first-order valence-corrected chi connectivity index (χ1v) is 9.64. The Hall–Kier alpha value is -3.25. The van der Waals surface area contributed by atoms with Crippen molar-refractivity contribution in [1.82, 2.24) is 0 Å². The average Bonchev–Trinajstić information content (AvgIpc) is 2.99. The van der Waals surface area contributed by atoms with Crippen LogP contribution < -0.4 is 4.90 Å². The Bertz CT molecular complexity index is 1130. The standard InChI is InChI=1S/C23H15BrFNO3/c24-16-7-4-8-18(13-16)26-20(14-9-11-17(25)12-10-14)19(22(28)23(26)29)21(27)15-5-2-1-3-6-15/h1-13,20,27H/b21-19-. The van der Waals surface area contributed by atoms with Gasteiger partial charge in [0, 0.05) is 15.7 Å². The van der Waals surface area contributed by atoms with Gasteiger partial charge in [-0.25, -0.2) is 4.39 Å². The summed E-state index contributed by atoms with van der Waals surface area (Å²) in [6.07, 6.45) is 0. The van der Waals surface area contributed by atoms with Crippen LogP contribution in [0.4, 0.5) is 10.1 Å². The van der Waals surface area contributed by atoms with E-state index >= 15 is 0 Å². The van der Waals surface area contributed by atoms with Gasteiger partial charge in [0.05, 0.1) is 11.6 Å². The third-order valence-electron chi connectivity index (χ3n) is 4.76. The lowest BCUT2D eigenvalue weighted by molar-refractivity contribution is -0.132. The third kappa shape index (κ3) is 3.47. The highest BCUT2D eigenvalue weighted by atomic mass is 79.9. The minimum absolute atomic E-state index is 0.0345. The predicted octanol–water partition coefficient (Wildman–Crippen LogP) is 5.21. The first-order chi connectivity index (χ1) is 14.0. The number of carbonyl (C=O) groups excluding carboxylic acids is 2. The number of aliphatic hydroxyl groups excluding tert-OH is 1. The summed E-state index contributed by atoms with van der Waals surface area (Å²) in [5.41, 5.74) is 1.39. The minimum atomic E-state index is -0.884. The van der Waals surface area contributed by atoms with Crippen molar-refractivity contribution in [3.8, 4) is 0 Å². The van der Waals surface area contributed by atoms with Crippen LogP contribution in [0.15, 0.2) is 88.9 Å². The van der Waals surface area contributed by atoms with E-state index in [-0.39, 0.29) is 11.3 Å². The van der Waals surface area contributed by atoms with Gasteiger partial charge in [0.25, 0.3) is 11.7 Å². The first-order valence-electron chi connectivity index (χ1n) is 8.85. The Morgan fingerprint density at radius 1 is 0.931 bits per heavy atom. The molecule has 1 N–H and O–H groups in total. The normalized spacial score (nSPS) is 18.3. The third-order valence-corrected chi connectivity index (χ3v) is 5.26. The maximum atomic E-state index is 13.5. The lowest BCUT2D eigenvalue weighted by atomic mass is 9.95. The van der Waals surface area contributed by atoms with Crippen molar-refractivity contribution < 1.29 is 19.1 Å². The van der Waals surface area contributed by atoms with Gasteiger partial charge in [0.2, 0.25) is 0 Å². The van der Waals surface area contributed by atoms with Gasteiger partial charge in [0.1, 0.15) is 11.6 Å².